The molecule has 28 heavy (non-hydrogen) atoms. The Morgan fingerprint density at radius 1 is 1.18 bits per heavy atom. The first kappa shape index (κ1) is 20.2. The van der Waals surface area contributed by atoms with Gasteiger partial charge in [0.2, 0.25) is 0 Å². The molecule has 146 valence electrons. The molecule has 0 spiro atoms. The molecule has 1 amide bonds. The maximum atomic E-state index is 13.0. The smallest absolute Gasteiger partial charge is 0.258 e. The van der Waals surface area contributed by atoms with Gasteiger partial charge in [-0.2, -0.15) is 0 Å². The van der Waals surface area contributed by atoms with Crippen molar-refractivity contribution in [1.82, 2.24) is 0 Å². The van der Waals surface area contributed by atoms with Gasteiger partial charge >= 0.3 is 0 Å². The third-order valence-corrected chi connectivity index (χ3v) is 4.99. The van der Waals surface area contributed by atoms with E-state index < -0.39 is 0 Å². The lowest BCUT2D eigenvalue weighted by molar-refractivity contribution is -0.113. The Balaban J connectivity index is 2.05. The van der Waals surface area contributed by atoms with Crippen molar-refractivity contribution in [3.63, 3.8) is 0 Å². The predicted molar refractivity (Wildman–Crippen MR) is 118 cm³/mol. The molecule has 4 nitrogen and oxygen atoms in total. The first-order chi connectivity index (χ1) is 13.6. The number of nitrogens with zero attached hydrogens (tertiary/aromatic N) is 1. The number of para-hydroxylation sites is 1. The van der Waals surface area contributed by atoms with E-state index >= 15 is 0 Å². The highest BCUT2D eigenvalue weighted by Gasteiger charge is 2.31. The minimum atomic E-state index is 0.0316. The summed E-state index contributed by atoms with van der Waals surface area (Å²) in [6.07, 6.45) is 4.51. The number of rotatable bonds is 8. The number of hydrogen-bond donors (Lipinski definition) is 0. The van der Waals surface area contributed by atoms with Gasteiger partial charge in [0.1, 0.15) is 6.61 Å². The van der Waals surface area contributed by atoms with Crippen LogP contribution >= 0.6 is 15.9 Å². The maximum Gasteiger partial charge on any atom is 0.258 e. The minimum absolute atomic E-state index is 0.0316. The van der Waals surface area contributed by atoms with Gasteiger partial charge in [-0.3, -0.25) is 4.79 Å². The topological polar surface area (TPSA) is 38.8 Å². The number of hydrogen-bond acceptors (Lipinski definition) is 3. The molecule has 0 radical (unpaired) electrons. The average Bonchev–Trinajstić information content (AvgIpc) is 2.94. The highest BCUT2D eigenvalue weighted by Crippen LogP contribution is 2.41. The summed E-state index contributed by atoms with van der Waals surface area (Å²) in [6.45, 7) is 9.29. The van der Waals surface area contributed by atoms with E-state index in [0.29, 0.717) is 36.8 Å². The fourth-order valence-electron chi connectivity index (χ4n) is 3.28. The monoisotopic (exact) mass is 441 g/mol. The summed E-state index contributed by atoms with van der Waals surface area (Å²) in [5.41, 5.74) is 3.49. The molecular weight excluding hydrogens is 418 g/mol. The van der Waals surface area contributed by atoms with Crippen LogP contribution in [0, 0.1) is 0 Å². The van der Waals surface area contributed by atoms with Crippen LogP contribution < -0.4 is 14.4 Å². The minimum Gasteiger partial charge on any atom is -0.490 e. The summed E-state index contributed by atoms with van der Waals surface area (Å²) in [4.78, 5) is 14.9. The van der Waals surface area contributed by atoms with Crippen LogP contribution in [-0.4, -0.2) is 25.7 Å². The van der Waals surface area contributed by atoms with Gasteiger partial charge in [0.25, 0.3) is 5.91 Å². The van der Waals surface area contributed by atoms with E-state index in [1.807, 2.05) is 54.3 Å². The van der Waals surface area contributed by atoms with E-state index in [0.717, 1.165) is 27.7 Å². The normalized spacial score (nSPS) is 14.3. The van der Waals surface area contributed by atoms with Crippen molar-refractivity contribution < 1.29 is 14.3 Å². The van der Waals surface area contributed by atoms with E-state index in [1.54, 1.807) is 6.08 Å². The van der Waals surface area contributed by atoms with Gasteiger partial charge in [-0.05, 0) is 59.1 Å². The first-order valence-corrected chi connectivity index (χ1v) is 10.2. The zero-order valence-electron chi connectivity index (χ0n) is 16.2. The molecule has 1 heterocycles. The Kier molecular flexibility index (Phi) is 6.57. The van der Waals surface area contributed by atoms with E-state index in [1.165, 1.54) is 0 Å². The highest BCUT2D eigenvalue weighted by molar-refractivity contribution is 9.10. The summed E-state index contributed by atoms with van der Waals surface area (Å²) < 4.78 is 12.3. The van der Waals surface area contributed by atoms with Gasteiger partial charge in [0, 0.05) is 17.7 Å². The average molecular weight is 442 g/mol. The summed E-state index contributed by atoms with van der Waals surface area (Å²) in [6, 6.07) is 11.8. The number of benzene rings is 2. The maximum absolute atomic E-state index is 13.0. The Morgan fingerprint density at radius 2 is 1.96 bits per heavy atom. The van der Waals surface area contributed by atoms with Crippen LogP contribution in [0.5, 0.6) is 11.5 Å². The van der Waals surface area contributed by atoms with Crippen molar-refractivity contribution in [2.24, 2.45) is 0 Å². The molecule has 0 fully saturated rings. The van der Waals surface area contributed by atoms with Crippen molar-refractivity contribution in [3.05, 3.63) is 64.7 Å². The lowest BCUT2D eigenvalue weighted by atomic mass is 10.0. The molecule has 5 heteroatoms. The quantitative estimate of drug-likeness (QED) is 0.388. The van der Waals surface area contributed by atoms with Crippen LogP contribution in [0.4, 0.5) is 5.69 Å². The zero-order chi connectivity index (χ0) is 20.1. The third kappa shape index (κ3) is 3.99. The van der Waals surface area contributed by atoms with Crippen molar-refractivity contribution >= 4 is 39.2 Å². The largest absolute Gasteiger partial charge is 0.490 e. The van der Waals surface area contributed by atoms with E-state index in [9.17, 15) is 4.79 Å². The first-order valence-electron chi connectivity index (χ1n) is 9.43. The number of ether oxygens (including phenoxy) is 2. The number of halogens is 1. The summed E-state index contributed by atoms with van der Waals surface area (Å²) in [7, 11) is 0. The third-order valence-electron chi connectivity index (χ3n) is 4.40. The summed E-state index contributed by atoms with van der Waals surface area (Å²) in [5, 5.41) is 0. The molecule has 2 aromatic carbocycles. The molecule has 0 saturated carbocycles. The van der Waals surface area contributed by atoms with Crippen LogP contribution in [0.3, 0.4) is 0 Å². The molecule has 2 aromatic rings. The van der Waals surface area contributed by atoms with Gasteiger partial charge in [0.15, 0.2) is 11.5 Å². The fraction of sp³-hybridized carbons (Fsp3) is 0.261. The molecule has 0 atom stereocenters. The van der Waals surface area contributed by atoms with Crippen LogP contribution in [-0.2, 0) is 4.79 Å². The predicted octanol–water partition coefficient (Wildman–Crippen LogP) is 5.71. The number of carbonyl (C=O) groups is 1. The highest BCUT2D eigenvalue weighted by atomic mass is 79.9. The van der Waals surface area contributed by atoms with Gasteiger partial charge < -0.3 is 14.4 Å². The number of fused-ring (bicyclic) bond motifs is 1. The zero-order valence-corrected chi connectivity index (χ0v) is 17.8. The van der Waals surface area contributed by atoms with Gasteiger partial charge in [0.05, 0.1) is 16.8 Å². The van der Waals surface area contributed by atoms with E-state index in [2.05, 4.69) is 29.4 Å². The molecule has 3 rings (SSSR count). The number of amides is 1. The van der Waals surface area contributed by atoms with Gasteiger partial charge in [-0.25, -0.2) is 0 Å². The van der Waals surface area contributed by atoms with Crippen molar-refractivity contribution in [2.75, 3.05) is 24.7 Å². The Bertz CT molecular complexity index is 920. The molecule has 0 aliphatic carbocycles. The summed E-state index contributed by atoms with van der Waals surface area (Å²) >= 11 is 3.57. The molecule has 0 N–H and O–H groups in total. The molecule has 1 aliphatic heterocycles. The molecule has 0 saturated heterocycles. The Hall–Kier alpha value is -2.53. The van der Waals surface area contributed by atoms with Crippen molar-refractivity contribution in [3.8, 4) is 11.5 Å². The molecule has 0 aromatic heterocycles. The van der Waals surface area contributed by atoms with Gasteiger partial charge in [-0.15, -0.1) is 0 Å². The Morgan fingerprint density at radius 3 is 2.68 bits per heavy atom. The van der Waals surface area contributed by atoms with Crippen LogP contribution in [0.15, 0.2) is 53.5 Å². The van der Waals surface area contributed by atoms with Crippen LogP contribution in [0.1, 0.15) is 31.4 Å². The second kappa shape index (κ2) is 9.11. The SMILES string of the molecule is C=CCOc1c(Br)cc(/C=C2\C(=O)N(CCC)c3ccccc32)cc1OCC. The van der Waals surface area contributed by atoms with Crippen LogP contribution in [0.2, 0.25) is 0 Å². The van der Waals surface area contributed by atoms with Crippen LogP contribution in [0.25, 0.3) is 11.6 Å². The molecular formula is C23H24BrNO3. The molecule has 1 aliphatic rings. The molecule has 0 unspecified atom stereocenters. The fourth-order valence-corrected chi connectivity index (χ4v) is 3.85. The second-order valence-electron chi connectivity index (χ2n) is 6.39. The van der Waals surface area contributed by atoms with E-state index in [4.69, 9.17) is 9.47 Å². The lowest BCUT2D eigenvalue weighted by Gasteiger charge is -2.15. The summed E-state index contributed by atoms with van der Waals surface area (Å²) in [5.74, 6) is 1.30. The second-order valence-corrected chi connectivity index (χ2v) is 7.25. The Labute approximate surface area is 174 Å². The molecule has 0 bridgehead atoms. The van der Waals surface area contributed by atoms with Gasteiger partial charge in [-0.1, -0.05) is 37.8 Å². The lowest BCUT2D eigenvalue weighted by Crippen LogP contribution is -2.26. The van der Waals surface area contributed by atoms with Crippen molar-refractivity contribution in [2.45, 2.75) is 20.3 Å². The number of anilines is 1. The van der Waals surface area contributed by atoms with Crippen molar-refractivity contribution in [1.29, 1.82) is 0 Å². The number of carbonyl (C=O) groups excluding carboxylic acids is 1. The van der Waals surface area contributed by atoms with E-state index in [-0.39, 0.29) is 5.91 Å². The standard InChI is InChI=1S/C23H24BrNO3/c1-4-11-25-20-10-8-7-9-17(20)18(23(25)26)13-16-14-19(24)22(28-12-5-2)21(15-16)27-6-3/h5,7-10,13-15H,2,4,6,11-12H2,1,3H3/b18-13-.